The van der Waals surface area contributed by atoms with Crippen LogP contribution in [0.5, 0.6) is 0 Å². The second-order valence-corrected chi connectivity index (χ2v) is 3.39. The highest BCUT2D eigenvalue weighted by atomic mass is 16.3. The van der Waals surface area contributed by atoms with E-state index in [4.69, 9.17) is 5.73 Å². The Kier molecular flexibility index (Phi) is 3.39. The van der Waals surface area contributed by atoms with Gasteiger partial charge in [0.25, 0.3) is 0 Å². The zero-order valence-corrected chi connectivity index (χ0v) is 8.07. The number of nitrogens with zero attached hydrogens (tertiary/aromatic N) is 1. The average molecular weight is 180 g/mol. The lowest BCUT2D eigenvalue weighted by Gasteiger charge is -2.18. The quantitative estimate of drug-likeness (QED) is 0.730. The molecule has 0 spiro atoms. The van der Waals surface area contributed by atoms with Crippen molar-refractivity contribution in [3.05, 3.63) is 29.6 Å². The first-order valence-electron chi connectivity index (χ1n) is 4.45. The molecular weight excluding hydrogens is 164 g/mol. The Balaban J connectivity index is 2.88. The zero-order valence-electron chi connectivity index (χ0n) is 8.07. The molecule has 0 saturated heterocycles. The maximum Gasteiger partial charge on any atom is 0.0845 e. The van der Waals surface area contributed by atoms with Gasteiger partial charge in [-0.05, 0) is 31.0 Å². The van der Waals surface area contributed by atoms with Gasteiger partial charge in [0.2, 0.25) is 0 Å². The third kappa shape index (κ3) is 2.26. The minimum atomic E-state index is -0.501. The molecule has 0 radical (unpaired) electrons. The van der Waals surface area contributed by atoms with E-state index in [1.807, 2.05) is 19.9 Å². The van der Waals surface area contributed by atoms with Gasteiger partial charge in [0.05, 0.1) is 6.10 Å². The second kappa shape index (κ2) is 4.35. The van der Waals surface area contributed by atoms with Crippen molar-refractivity contribution in [2.24, 2.45) is 11.7 Å². The number of aryl methyl sites for hydroxylation is 1. The number of hydrogen-bond donors (Lipinski definition) is 2. The summed E-state index contributed by atoms with van der Waals surface area (Å²) < 4.78 is 0. The van der Waals surface area contributed by atoms with E-state index in [9.17, 15) is 5.11 Å². The van der Waals surface area contributed by atoms with Crippen LogP contribution in [0.1, 0.15) is 24.2 Å². The van der Waals surface area contributed by atoms with E-state index < -0.39 is 6.10 Å². The number of pyridine rings is 1. The predicted octanol–water partition coefficient (Wildman–Crippen LogP) is 1.02. The van der Waals surface area contributed by atoms with E-state index in [0.29, 0.717) is 6.54 Å². The molecule has 1 rings (SSSR count). The van der Waals surface area contributed by atoms with Crippen LogP contribution in [0.15, 0.2) is 18.5 Å². The number of aliphatic hydroxyl groups is 1. The van der Waals surface area contributed by atoms with Crippen LogP contribution in [0.2, 0.25) is 0 Å². The summed E-state index contributed by atoms with van der Waals surface area (Å²) in [4.78, 5) is 3.98. The SMILES string of the molecule is Cc1ccncc1C(O)C(C)CN. The summed E-state index contributed by atoms with van der Waals surface area (Å²) in [5, 5.41) is 9.85. The second-order valence-electron chi connectivity index (χ2n) is 3.39. The number of aliphatic hydroxyl groups excluding tert-OH is 1. The Labute approximate surface area is 78.6 Å². The van der Waals surface area contributed by atoms with Crippen molar-refractivity contribution < 1.29 is 5.11 Å². The lowest BCUT2D eigenvalue weighted by Crippen LogP contribution is -2.19. The molecule has 72 valence electrons. The number of rotatable bonds is 3. The van der Waals surface area contributed by atoms with Gasteiger partial charge in [0, 0.05) is 18.0 Å². The minimum absolute atomic E-state index is 0.0721. The summed E-state index contributed by atoms with van der Waals surface area (Å²) in [7, 11) is 0. The van der Waals surface area contributed by atoms with Gasteiger partial charge in [0.15, 0.2) is 0 Å². The monoisotopic (exact) mass is 180 g/mol. The van der Waals surface area contributed by atoms with Gasteiger partial charge in [-0.2, -0.15) is 0 Å². The highest BCUT2D eigenvalue weighted by molar-refractivity contribution is 5.24. The van der Waals surface area contributed by atoms with Crippen LogP contribution >= 0.6 is 0 Å². The molecule has 0 aliphatic rings. The van der Waals surface area contributed by atoms with Crippen molar-refractivity contribution >= 4 is 0 Å². The lowest BCUT2D eigenvalue weighted by atomic mass is 9.96. The molecule has 0 bridgehead atoms. The first-order valence-corrected chi connectivity index (χ1v) is 4.45. The molecule has 0 aliphatic heterocycles. The smallest absolute Gasteiger partial charge is 0.0845 e. The standard InChI is InChI=1S/C10H16N2O/c1-7-3-4-12-6-9(7)10(13)8(2)5-11/h3-4,6,8,10,13H,5,11H2,1-2H3. The van der Waals surface area contributed by atoms with Gasteiger partial charge in [0.1, 0.15) is 0 Å². The molecule has 0 aromatic carbocycles. The molecule has 2 unspecified atom stereocenters. The van der Waals surface area contributed by atoms with Crippen LogP contribution in [-0.2, 0) is 0 Å². The highest BCUT2D eigenvalue weighted by Crippen LogP contribution is 2.22. The highest BCUT2D eigenvalue weighted by Gasteiger charge is 2.16. The molecule has 13 heavy (non-hydrogen) atoms. The fourth-order valence-electron chi connectivity index (χ4n) is 1.22. The van der Waals surface area contributed by atoms with Gasteiger partial charge in [-0.25, -0.2) is 0 Å². The van der Waals surface area contributed by atoms with E-state index in [2.05, 4.69) is 4.98 Å². The molecule has 3 heteroatoms. The van der Waals surface area contributed by atoms with Gasteiger partial charge in [-0.1, -0.05) is 6.92 Å². The minimum Gasteiger partial charge on any atom is -0.388 e. The number of nitrogens with two attached hydrogens (primary N) is 1. The first-order chi connectivity index (χ1) is 6.16. The summed E-state index contributed by atoms with van der Waals surface area (Å²) in [5.41, 5.74) is 7.41. The summed E-state index contributed by atoms with van der Waals surface area (Å²) in [5.74, 6) is 0.0721. The number of aromatic nitrogens is 1. The first kappa shape index (κ1) is 10.2. The van der Waals surface area contributed by atoms with Crippen molar-refractivity contribution in [2.75, 3.05) is 6.54 Å². The Morgan fingerprint density at radius 2 is 2.31 bits per heavy atom. The zero-order chi connectivity index (χ0) is 9.84. The van der Waals surface area contributed by atoms with Crippen molar-refractivity contribution in [3.8, 4) is 0 Å². The van der Waals surface area contributed by atoms with E-state index >= 15 is 0 Å². The Morgan fingerprint density at radius 3 is 2.85 bits per heavy atom. The summed E-state index contributed by atoms with van der Waals surface area (Å²) in [6.07, 6.45) is 2.92. The molecule has 1 aromatic rings. The van der Waals surface area contributed by atoms with Crippen molar-refractivity contribution in [1.82, 2.24) is 4.98 Å². The normalized spacial score (nSPS) is 15.4. The fourth-order valence-corrected chi connectivity index (χ4v) is 1.22. The van der Waals surface area contributed by atoms with Crippen LogP contribution < -0.4 is 5.73 Å². The maximum absolute atomic E-state index is 9.85. The van der Waals surface area contributed by atoms with Gasteiger partial charge < -0.3 is 10.8 Å². The third-order valence-corrected chi connectivity index (χ3v) is 2.31. The molecule has 0 aliphatic carbocycles. The molecule has 2 atom stereocenters. The Hall–Kier alpha value is -0.930. The van der Waals surface area contributed by atoms with Crippen molar-refractivity contribution in [1.29, 1.82) is 0 Å². The van der Waals surface area contributed by atoms with Gasteiger partial charge in [-0.3, -0.25) is 4.98 Å². The third-order valence-electron chi connectivity index (χ3n) is 2.31. The summed E-state index contributed by atoms with van der Waals surface area (Å²) >= 11 is 0. The molecule has 0 saturated carbocycles. The molecule has 0 amide bonds. The fraction of sp³-hybridized carbons (Fsp3) is 0.500. The van der Waals surface area contributed by atoms with E-state index in [1.54, 1.807) is 12.4 Å². The van der Waals surface area contributed by atoms with E-state index in [-0.39, 0.29) is 5.92 Å². The van der Waals surface area contributed by atoms with Gasteiger partial charge >= 0.3 is 0 Å². The average Bonchev–Trinajstić information content (AvgIpc) is 2.16. The maximum atomic E-state index is 9.85. The largest absolute Gasteiger partial charge is 0.388 e. The Bertz CT molecular complexity index is 275. The van der Waals surface area contributed by atoms with Crippen LogP contribution in [0, 0.1) is 12.8 Å². The van der Waals surface area contributed by atoms with Crippen LogP contribution in [-0.4, -0.2) is 16.6 Å². The molecular formula is C10H16N2O. The molecule has 0 fully saturated rings. The molecule has 3 N–H and O–H groups in total. The Morgan fingerprint density at radius 1 is 1.62 bits per heavy atom. The summed E-state index contributed by atoms with van der Waals surface area (Å²) in [6.45, 7) is 4.37. The van der Waals surface area contributed by atoms with Crippen LogP contribution in [0.4, 0.5) is 0 Å². The summed E-state index contributed by atoms with van der Waals surface area (Å²) in [6, 6.07) is 1.89. The molecule has 1 aromatic heterocycles. The van der Waals surface area contributed by atoms with E-state index in [1.165, 1.54) is 0 Å². The van der Waals surface area contributed by atoms with E-state index in [0.717, 1.165) is 11.1 Å². The predicted molar refractivity (Wildman–Crippen MR) is 52.2 cm³/mol. The molecule has 3 nitrogen and oxygen atoms in total. The van der Waals surface area contributed by atoms with Crippen LogP contribution in [0.25, 0.3) is 0 Å². The number of hydrogen-bond acceptors (Lipinski definition) is 3. The van der Waals surface area contributed by atoms with Crippen molar-refractivity contribution in [2.45, 2.75) is 20.0 Å². The molecule has 1 heterocycles. The van der Waals surface area contributed by atoms with Crippen molar-refractivity contribution in [3.63, 3.8) is 0 Å². The topological polar surface area (TPSA) is 59.1 Å². The van der Waals surface area contributed by atoms with Crippen LogP contribution in [0.3, 0.4) is 0 Å². The van der Waals surface area contributed by atoms with Gasteiger partial charge in [-0.15, -0.1) is 0 Å². The lowest BCUT2D eigenvalue weighted by molar-refractivity contribution is 0.121.